The van der Waals surface area contributed by atoms with Crippen LogP contribution in [-0.2, 0) is 4.74 Å². The fourth-order valence-corrected chi connectivity index (χ4v) is 3.33. The first-order valence-corrected chi connectivity index (χ1v) is 9.23. The number of aliphatic hydroxyl groups is 4. The lowest BCUT2D eigenvalue weighted by atomic mass is 9.99. The topological polar surface area (TPSA) is 150 Å². The Morgan fingerprint density at radius 2 is 1.70 bits per heavy atom. The molecule has 1 aromatic heterocycles. The summed E-state index contributed by atoms with van der Waals surface area (Å²) in [7, 11) is 0. The Labute approximate surface area is 170 Å². The third-order valence-electron chi connectivity index (χ3n) is 4.95. The number of benzene rings is 2. The Hall–Kier alpha value is -2.95. The van der Waals surface area contributed by atoms with E-state index in [2.05, 4.69) is 0 Å². The number of aromatic hydroxyl groups is 1. The molecule has 0 saturated carbocycles. The molecule has 0 amide bonds. The lowest BCUT2D eigenvalue weighted by Crippen LogP contribution is -2.60. The van der Waals surface area contributed by atoms with Crippen LogP contribution in [0.1, 0.15) is 0 Å². The van der Waals surface area contributed by atoms with Gasteiger partial charge in [0, 0.05) is 5.56 Å². The number of rotatable bonds is 4. The second-order valence-corrected chi connectivity index (χ2v) is 6.95. The summed E-state index contributed by atoms with van der Waals surface area (Å²) in [4.78, 5) is 13.2. The number of ether oxygens (including phenoxy) is 2. The van der Waals surface area contributed by atoms with Gasteiger partial charge in [-0.25, -0.2) is 0 Å². The molecule has 9 heteroatoms. The minimum Gasteiger partial charge on any atom is -0.508 e. The maximum Gasteiger partial charge on any atom is 0.235 e. The summed E-state index contributed by atoms with van der Waals surface area (Å²) in [6, 6.07) is 12.6. The van der Waals surface area contributed by atoms with Crippen molar-refractivity contribution in [3.05, 3.63) is 58.8 Å². The molecule has 5 N–H and O–H groups in total. The van der Waals surface area contributed by atoms with Crippen molar-refractivity contribution < 1.29 is 39.4 Å². The van der Waals surface area contributed by atoms with Crippen LogP contribution in [0.25, 0.3) is 22.3 Å². The highest BCUT2D eigenvalue weighted by atomic mass is 16.7. The van der Waals surface area contributed by atoms with E-state index in [0.29, 0.717) is 5.56 Å². The summed E-state index contributed by atoms with van der Waals surface area (Å²) < 4.78 is 16.9. The van der Waals surface area contributed by atoms with Crippen LogP contribution < -0.4 is 10.2 Å². The molecular formula is C21H20O9. The number of hydrogen-bond acceptors (Lipinski definition) is 9. The van der Waals surface area contributed by atoms with Gasteiger partial charge in [0.2, 0.25) is 17.5 Å². The highest BCUT2D eigenvalue weighted by molar-refractivity contribution is 5.83. The molecule has 1 fully saturated rings. The summed E-state index contributed by atoms with van der Waals surface area (Å²) in [5, 5.41) is 49.4. The molecule has 4 rings (SSSR count). The first kappa shape index (κ1) is 20.3. The predicted molar refractivity (Wildman–Crippen MR) is 104 cm³/mol. The molecule has 1 aliphatic heterocycles. The lowest BCUT2D eigenvalue weighted by molar-refractivity contribution is -0.277. The maximum absolute atomic E-state index is 13.2. The van der Waals surface area contributed by atoms with Crippen LogP contribution in [0.4, 0.5) is 0 Å². The second kappa shape index (κ2) is 8.05. The Balaban J connectivity index is 1.84. The molecule has 2 heterocycles. The molecule has 158 valence electrons. The number of fused-ring (bicyclic) bond motifs is 1. The van der Waals surface area contributed by atoms with E-state index in [0.717, 1.165) is 0 Å². The SMILES string of the molecule is O=c1c(OC2O[C@H](CO)[C@@H](O)[C@H](O)[C@H]2O)c(-c2ccccc2)oc2ccc(O)cc12. The molecule has 1 unspecified atom stereocenters. The number of hydrogen-bond donors (Lipinski definition) is 5. The van der Waals surface area contributed by atoms with E-state index in [9.17, 15) is 30.3 Å². The fourth-order valence-electron chi connectivity index (χ4n) is 3.33. The highest BCUT2D eigenvalue weighted by Gasteiger charge is 2.45. The van der Waals surface area contributed by atoms with Crippen molar-refractivity contribution >= 4 is 11.0 Å². The van der Waals surface area contributed by atoms with E-state index >= 15 is 0 Å². The van der Waals surface area contributed by atoms with E-state index < -0.39 is 42.7 Å². The van der Waals surface area contributed by atoms with Gasteiger partial charge in [-0.2, -0.15) is 0 Å². The van der Waals surface area contributed by atoms with E-state index in [4.69, 9.17) is 13.9 Å². The van der Waals surface area contributed by atoms with Crippen molar-refractivity contribution in [2.75, 3.05) is 6.61 Å². The summed E-state index contributed by atoms with van der Waals surface area (Å²) in [5.74, 6) is -0.416. The molecule has 0 radical (unpaired) electrons. The molecule has 30 heavy (non-hydrogen) atoms. The zero-order chi connectivity index (χ0) is 21.4. The summed E-state index contributed by atoms with van der Waals surface area (Å²) in [5.41, 5.74) is 0.0740. The molecular weight excluding hydrogens is 396 g/mol. The minimum atomic E-state index is -1.70. The van der Waals surface area contributed by atoms with Crippen LogP contribution in [0.5, 0.6) is 11.5 Å². The van der Waals surface area contributed by atoms with Gasteiger partial charge in [0.1, 0.15) is 35.7 Å². The van der Waals surface area contributed by atoms with Crippen LogP contribution in [0.15, 0.2) is 57.7 Å². The van der Waals surface area contributed by atoms with Crippen molar-refractivity contribution in [3.63, 3.8) is 0 Å². The van der Waals surface area contributed by atoms with Crippen molar-refractivity contribution in [2.24, 2.45) is 0 Å². The fraction of sp³-hybridized carbons (Fsp3) is 0.286. The third kappa shape index (κ3) is 3.53. The van der Waals surface area contributed by atoms with Gasteiger partial charge in [0.25, 0.3) is 0 Å². The van der Waals surface area contributed by atoms with Crippen LogP contribution in [0.2, 0.25) is 0 Å². The summed E-state index contributed by atoms with van der Waals surface area (Å²) in [6.45, 7) is -0.642. The van der Waals surface area contributed by atoms with E-state index in [-0.39, 0.29) is 28.2 Å². The molecule has 9 nitrogen and oxygen atoms in total. The average Bonchev–Trinajstić information content (AvgIpc) is 2.76. The van der Waals surface area contributed by atoms with Gasteiger partial charge in [0.05, 0.1) is 12.0 Å². The average molecular weight is 416 g/mol. The molecule has 0 aliphatic carbocycles. The molecule has 0 bridgehead atoms. The highest BCUT2D eigenvalue weighted by Crippen LogP contribution is 2.34. The van der Waals surface area contributed by atoms with Crippen molar-refractivity contribution in [1.29, 1.82) is 0 Å². The minimum absolute atomic E-state index is 0.0364. The van der Waals surface area contributed by atoms with Crippen LogP contribution in [-0.4, -0.2) is 62.8 Å². The molecule has 1 saturated heterocycles. The van der Waals surface area contributed by atoms with Crippen LogP contribution >= 0.6 is 0 Å². The first-order chi connectivity index (χ1) is 14.4. The monoisotopic (exact) mass is 416 g/mol. The predicted octanol–water partition coefficient (Wildman–Crippen LogP) is 0.344. The normalized spacial score (nSPS) is 26.6. The number of phenols is 1. The number of phenolic OH excluding ortho intramolecular Hbond substituents is 1. The Morgan fingerprint density at radius 3 is 2.40 bits per heavy atom. The molecule has 0 spiro atoms. The van der Waals surface area contributed by atoms with Crippen LogP contribution in [0, 0.1) is 0 Å². The van der Waals surface area contributed by atoms with E-state index in [1.165, 1.54) is 18.2 Å². The smallest absolute Gasteiger partial charge is 0.235 e. The van der Waals surface area contributed by atoms with Crippen LogP contribution in [0.3, 0.4) is 0 Å². The third-order valence-corrected chi connectivity index (χ3v) is 4.95. The van der Waals surface area contributed by atoms with E-state index in [1.54, 1.807) is 30.3 Å². The van der Waals surface area contributed by atoms with Crippen molar-refractivity contribution in [2.45, 2.75) is 30.7 Å². The molecule has 5 atom stereocenters. The lowest BCUT2D eigenvalue weighted by Gasteiger charge is -2.39. The Morgan fingerprint density at radius 1 is 0.967 bits per heavy atom. The summed E-state index contributed by atoms with van der Waals surface area (Å²) in [6.07, 6.45) is -7.71. The van der Waals surface area contributed by atoms with Gasteiger partial charge in [0.15, 0.2) is 5.76 Å². The molecule has 2 aromatic carbocycles. The second-order valence-electron chi connectivity index (χ2n) is 6.95. The van der Waals surface area contributed by atoms with Gasteiger partial charge < -0.3 is 39.4 Å². The van der Waals surface area contributed by atoms with E-state index in [1.807, 2.05) is 0 Å². The molecule has 3 aromatic rings. The van der Waals surface area contributed by atoms with Gasteiger partial charge in [-0.05, 0) is 18.2 Å². The zero-order valence-electron chi connectivity index (χ0n) is 15.6. The standard InChI is InChI=1S/C21H20O9/c22-9-14-16(25)17(26)18(27)21(29-14)30-20-15(24)12-8-11(23)6-7-13(12)28-19(20)10-4-2-1-3-5-10/h1-8,14,16-18,21-23,25-27H,9H2/t14-,16-,17+,18-,21?/m1/s1. The van der Waals surface area contributed by atoms with Gasteiger partial charge >= 0.3 is 0 Å². The van der Waals surface area contributed by atoms with Gasteiger partial charge in [-0.1, -0.05) is 30.3 Å². The van der Waals surface area contributed by atoms with Gasteiger partial charge in [-0.3, -0.25) is 4.79 Å². The number of aliphatic hydroxyl groups excluding tert-OH is 4. The zero-order valence-corrected chi connectivity index (χ0v) is 15.6. The maximum atomic E-state index is 13.2. The molecule has 1 aliphatic rings. The van der Waals surface area contributed by atoms with Gasteiger partial charge in [-0.15, -0.1) is 0 Å². The Bertz CT molecular complexity index is 1090. The summed E-state index contributed by atoms with van der Waals surface area (Å²) >= 11 is 0. The van der Waals surface area contributed by atoms with Crippen molar-refractivity contribution in [3.8, 4) is 22.8 Å². The van der Waals surface area contributed by atoms with Crippen molar-refractivity contribution in [1.82, 2.24) is 0 Å². The first-order valence-electron chi connectivity index (χ1n) is 9.23. The largest absolute Gasteiger partial charge is 0.508 e. The quantitative estimate of drug-likeness (QED) is 0.406. The Kier molecular flexibility index (Phi) is 5.46.